The average molecular weight is 485 g/mol. The summed E-state index contributed by atoms with van der Waals surface area (Å²) in [6.45, 7) is 6.32. The van der Waals surface area contributed by atoms with Gasteiger partial charge in [-0.25, -0.2) is 4.98 Å². The molecule has 2 amide bonds. The van der Waals surface area contributed by atoms with Crippen molar-refractivity contribution in [1.29, 1.82) is 0 Å². The van der Waals surface area contributed by atoms with Gasteiger partial charge in [-0.1, -0.05) is 56.1 Å². The minimum absolute atomic E-state index is 0.0224. The summed E-state index contributed by atoms with van der Waals surface area (Å²) in [7, 11) is 1.54. The van der Waals surface area contributed by atoms with Gasteiger partial charge in [-0.2, -0.15) is 0 Å². The molecule has 0 spiro atoms. The van der Waals surface area contributed by atoms with Crippen molar-refractivity contribution in [2.45, 2.75) is 26.2 Å². The fourth-order valence-electron chi connectivity index (χ4n) is 3.19. The Labute approximate surface area is 203 Å². The first kappa shape index (κ1) is 24.6. The van der Waals surface area contributed by atoms with Crippen LogP contribution in [0.15, 0.2) is 60.8 Å². The molecule has 172 valence electrons. The van der Waals surface area contributed by atoms with Crippen molar-refractivity contribution in [3.8, 4) is 0 Å². The lowest BCUT2D eigenvalue weighted by molar-refractivity contribution is -0.119. The number of rotatable bonds is 6. The highest BCUT2D eigenvalue weighted by Gasteiger charge is 2.21. The summed E-state index contributed by atoms with van der Waals surface area (Å²) >= 11 is 12.8. The van der Waals surface area contributed by atoms with Gasteiger partial charge in [-0.3, -0.25) is 9.59 Å². The summed E-state index contributed by atoms with van der Waals surface area (Å²) in [4.78, 5) is 31.1. The van der Waals surface area contributed by atoms with Gasteiger partial charge in [0.05, 0.1) is 15.7 Å². The molecule has 0 atom stereocenters. The SMILES string of the molecule is CNC(=O)CN(c1cc(C(=O)Nc2ccc(C(C)(C)C)cc2)ccc1Cl)c1ncccc1Cl. The van der Waals surface area contributed by atoms with Crippen molar-refractivity contribution in [3.63, 3.8) is 0 Å². The van der Waals surface area contributed by atoms with Crippen molar-refractivity contribution < 1.29 is 9.59 Å². The molecule has 0 radical (unpaired) electrons. The minimum atomic E-state index is -0.302. The zero-order valence-corrected chi connectivity index (χ0v) is 20.5. The highest BCUT2D eigenvalue weighted by molar-refractivity contribution is 6.35. The molecule has 0 saturated carbocycles. The molecule has 3 rings (SSSR count). The van der Waals surface area contributed by atoms with Crippen LogP contribution < -0.4 is 15.5 Å². The first-order valence-corrected chi connectivity index (χ1v) is 11.2. The molecule has 0 aliphatic heterocycles. The topological polar surface area (TPSA) is 74.3 Å². The van der Waals surface area contributed by atoms with Crippen LogP contribution in [0.4, 0.5) is 17.2 Å². The first-order valence-electron chi connectivity index (χ1n) is 10.4. The number of amides is 2. The highest BCUT2D eigenvalue weighted by atomic mass is 35.5. The third-order valence-electron chi connectivity index (χ3n) is 5.08. The zero-order chi connectivity index (χ0) is 24.2. The van der Waals surface area contributed by atoms with Crippen LogP contribution in [-0.4, -0.2) is 30.4 Å². The average Bonchev–Trinajstić information content (AvgIpc) is 2.78. The maximum atomic E-state index is 13.0. The number of nitrogens with one attached hydrogen (secondary N) is 2. The molecular formula is C25H26Cl2N4O2. The number of benzene rings is 2. The summed E-state index contributed by atoms with van der Waals surface area (Å²) < 4.78 is 0. The third-order valence-corrected chi connectivity index (χ3v) is 5.70. The second kappa shape index (κ2) is 10.2. The Morgan fingerprint density at radius 3 is 2.30 bits per heavy atom. The van der Waals surface area contributed by atoms with E-state index >= 15 is 0 Å². The number of hydrogen-bond donors (Lipinski definition) is 2. The Balaban J connectivity index is 1.93. The van der Waals surface area contributed by atoms with Gasteiger partial charge in [0.15, 0.2) is 5.82 Å². The van der Waals surface area contributed by atoms with E-state index < -0.39 is 0 Å². The lowest BCUT2D eigenvalue weighted by Gasteiger charge is -2.25. The van der Waals surface area contributed by atoms with Crippen LogP contribution in [0.5, 0.6) is 0 Å². The van der Waals surface area contributed by atoms with E-state index in [4.69, 9.17) is 23.2 Å². The van der Waals surface area contributed by atoms with Crippen molar-refractivity contribution in [2.24, 2.45) is 0 Å². The van der Waals surface area contributed by atoms with Crippen molar-refractivity contribution in [2.75, 3.05) is 23.8 Å². The summed E-state index contributed by atoms with van der Waals surface area (Å²) in [5, 5.41) is 6.20. The van der Waals surface area contributed by atoms with Gasteiger partial charge >= 0.3 is 0 Å². The Bertz CT molecular complexity index is 1160. The van der Waals surface area contributed by atoms with E-state index in [-0.39, 0.29) is 23.8 Å². The van der Waals surface area contributed by atoms with E-state index in [0.29, 0.717) is 32.8 Å². The Morgan fingerprint density at radius 1 is 1.00 bits per heavy atom. The fraction of sp³-hybridized carbons (Fsp3) is 0.240. The van der Waals surface area contributed by atoms with Gasteiger partial charge < -0.3 is 15.5 Å². The zero-order valence-electron chi connectivity index (χ0n) is 18.9. The molecule has 2 N–H and O–H groups in total. The van der Waals surface area contributed by atoms with Crippen molar-refractivity contribution >= 4 is 52.2 Å². The molecule has 1 aromatic heterocycles. The molecule has 3 aromatic rings. The maximum absolute atomic E-state index is 13.0. The number of hydrogen-bond acceptors (Lipinski definition) is 4. The standard InChI is InChI=1S/C25H26Cl2N4O2/c1-25(2,3)17-8-10-18(11-9-17)30-24(33)16-7-12-19(26)21(14-16)31(15-22(32)28-4)23-20(27)6-5-13-29-23/h5-14H,15H2,1-4H3,(H,28,32)(H,30,33). The lowest BCUT2D eigenvalue weighted by atomic mass is 9.87. The van der Waals surface area contributed by atoms with Gasteiger partial charge in [-0.15, -0.1) is 0 Å². The highest BCUT2D eigenvalue weighted by Crippen LogP contribution is 2.35. The Morgan fingerprint density at radius 2 is 1.70 bits per heavy atom. The number of aromatic nitrogens is 1. The van der Waals surface area contributed by atoms with Crippen LogP contribution in [-0.2, 0) is 10.2 Å². The van der Waals surface area contributed by atoms with Gasteiger partial charge in [-0.05, 0) is 53.4 Å². The molecular weight excluding hydrogens is 459 g/mol. The summed E-state index contributed by atoms with van der Waals surface area (Å²) in [5.41, 5.74) is 2.69. The molecule has 0 aliphatic carbocycles. The molecule has 0 aliphatic rings. The number of likely N-dealkylation sites (N-methyl/N-ethyl adjacent to an activating group) is 1. The van der Waals surface area contributed by atoms with E-state index in [9.17, 15) is 9.59 Å². The van der Waals surface area contributed by atoms with E-state index in [1.807, 2.05) is 24.3 Å². The monoisotopic (exact) mass is 484 g/mol. The second-order valence-corrected chi connectivity index (χ2v) is 9.33. The molecule has 0 unspecified atom stereocenters. The first-order chi connectivity index (χ1) is 15.6. The summed E-state index contributed by atoms with van der Waals surface area (Å²) in [6, 6.07) is 16.0. The van der Waals surface area contributed by atoms with Crippen LogP contribution >= 0.6 is 23.2 Å². The summed E-state index contributed by atoms with van der Waals surface area (Å²) in [5.74, 6) is -0.204. The van der Waals surface area contributed by atoms with Gasteiger partial charge in [0, 0.05) is 24.5 Å². The predicted molar refractivity (Wildman–Crippen MR) is 135 cm³/mol. The molecule has 33 heavy (non-hydrogen) atoms. The molecule has 2 aromatic carbocycles. The molecule has 6 nitrogen and oxygen atoms in total. The minimum Gasteiger partial charge on any atom is -0.358 e. The molecule has 0 bridgehead atoms. The van der Waals surface area contributed by atoms with Crippen LogP contribution in [0.25, 0.3) is 0 Å². The van der Waals surface area contributed by atoms with Crippen LogP contribution in [0.3, 0.4) is 0 Å². The molecule has 8 heteroatoms. The number of anilines is 3. The van der Waals surface area contributed by atoms with E-state index in [0.717, 1.165) is 0 Å². The van der Waals surface area contributed by atoms with Gasteiger partial charge in [0.25, 0.3) is 5.91 Å². The Kier molecular flexibility index (Phi) is 7.61. The van der Waals surface area contributed by atoms with Gasteiger partial charge in [0.1, 0.15) is 6.54 Å². The largest absolute Gasteiger partial charge is 0.358 e. The normalized spacial score (nSPS) is 11.1. The van der Waals surface area contributed by atoms with Crippen LogP contribution in [0.1, 0.15) is 36.7 Å². The fourth-order valence-corrected chi connectivity index (χ4v) is 3.63. The maximum Gasteiger partial charge on any atom is 0.255 e. The number of nitrogens with zero attached hydrogens (tertiary/aromatic N) is 2. The van der Waals surface area contributed by atoms with Crippen LogP contribution in [0.2, 0.25) is 10.0 Å². The van der Waals surface area contributed by atoms with E-state index in [1.165, 1.54) is 12.6 Å². The van der Waals surface area contributed by atoms with E-state index in [2.05, 4.69) is 36.4 Å². The van der Waals surface area contributed by atoms with Gasteiger partial charge in [0.2, 0.25) is 5.91 Å². The number of pyridine rings is 1. The molecule has 0 saturated heterocycles. The molecule has 0 fully saturated rings. The predicted octanol–water partition coefficient (Wildman–Crippen LogP) is 5.82. The number of carbonyl (C=O) groups excluding carboxylic acids is 2. The van der Waals surface area contributed by atoms with Crippen molar-refractivity contribution in [1.82, 2.24) is 10.3 Å². The van der Waals surface area contributed by atoms with E-state index in [1.54, 1.807) is 41.4 Å². The third kappa shape index (κ3) is 6.03. The smallest absolute Gasteiger partial charge is 0.255 e. The van der Waals surface area contributed by atoms with Crippen LogP contribution in [0, 0.1) is 0 Å². The molecule has 1 heterocycles. The lowest BCUT2D eigenvalue weighted by Crippen LogP contribution is -2.33. The number of carbonyl (C=O) groups is 2. The quantitative estimate of drug-likeness (QED) is 0.461. The van der Waals surface area contributed by atoms with Crippen molar-refractivity contribution in [3.05, 3.63) is 82.0 Å². The Hall–Kier alpha value is -3.09. The number of halogens is 2. The second-order valence-electron chi connectivity index (χ2n) is 8.52. The summed E-state index contributed by atoms with van der Waals surface area (Å²) in [6.07, 6.45) is 1.57.